The summed E-state index contributed by atoms with van der Waals surface area (Å²) in [4.78, 5) is 25.4. The van der Waals surface area contributed by atoms with Gasteiger partial charge in [-0.15, -0.1) is 0 Å². The van der Waals surface area contributed by atoms with Gasteiger partial charge in [0.05, 0.1) is 4.92 Å². The van der Waals surface area contributed by atoms with Crippen LogP contribution in [0.2, 0.25) is 0 Å². The highest BCUT2D eigenvalue weighted by molar-refractivity contribution is 5.98. The van der Waals surface area contributed by atoms with E-state index in [9.17, 15) is 14.9 Å². The van der Waals surface area contributed by atoms with Gasteiger partial charge in [-0.3, -0.25) is 19.8 Å². The zero-order chi connectivity index (χ0) is 18.7. The molecule has 3 rings (SSSR count). The highest BCUT2D eigenvalue weighted by Crippen LogP contribution is 2.25. The minimum atomic E-state index is -0.526. The zero-order valence-electron chi connectivity index (χ0n) is 15.1. The Morgan fingerprint density at radius 3 is 2.54 bits per heavy atom. The van der Waals surface area contributed by atoms with Crippen molar-refractivity contribution in [1.29, 1.82) is 0 Å². The third-order valence-electron chi connectivity index (χ3n) is 5.01. The van der Waals surface area contributed by atoms with Gasteiger partial charge in [0, 0.05) is 31.2 Å². The first-order valence-electron chi connectivity index (χ1n) is 8.72. The van der Waals surface area contributed by atoms with Crippen molar-refractivity contribution in [2.24, 2.45) is 0 Å². The number of carbonyl (C=O) groups is 1. The predicted octanol–water partition coefficient (Wildman–Crippen LogP) is 3.16. The average molecular weight is 353 g/mol. The molecule has 0 fully saturated rings. The van der Waals surface area contributed by atoms with Crippen LogP contribution in [0.5, 0.6) is 0 Å². The van der Waals surface area contributed by atoms with Crippen LogP contribution >= 0.6 is 0 Å². The van der Waals surface area contributed by atoms with Gasteiger partial charge in [-0.2, -0.15) is 0 Å². The van der Waals surface area contributed by atoms with Gasteiger partial charge in [-0.25, -0.2) is 0 Å². The second-order valence-corrected chi connectivity index (χ2v) is 7.21. The number of nitrogens with one attached hydrogen (secondary N) is 1. The van der Waals surface area contributed by atoms with Crippen molar-refractivity contribution in [2.75, 3.05) is 13.1 Å². The molecule has 0 radical (unpaired) electrons. The van der Waals surface area contributed by atoms with Gasteiger partial charge < -0.3 is 5.32 Å². The maximum Gasteiger partial charge on any atom is 0.282 e. The fraction of sp³-hybridized carbons (Fsp3) is 0.350. The molecular weight excluding hydrogens is 330 g/mol. The first kappa shape index (κ1) is 18.1. The number of rotatable bonds is 5. The molecule has 1 heterocycles. The molecule has 0 bridgehead atoms. The average Bonchev–Trinajstić information content (AvgIpc) is 2.65. The normalized spacial score (nSPS) is 14.5. The monoisotopic (exact) mass is 353 g/mol. The fourth-order valence-corrected chi connectivity index (χ4v) is 3.34. The van der Waals surface area contributed by atoms with Crippen LogP contribution in [0.1, 0.15) is 35.3 Å². The van der Waals surface area contributed by atoms with Crippen molar-refractivity contribution in [3.05, 3.63) is 75.3 Å². The second kappa shape index (κ2) is 7.25. The van der Waals surface area contributed by atoms with E-state index in [-0.39, 0.29) is 16.8 Å². The van der Waals surface area contributed by atoms with Crippen LogP contribution in [-0.2, 0) is 13.0 Å². The number of nitro groups is 1. The van der Waals surface area contributed by atoms with Gasteiger partial charge in [0.2, 0.25) is 0 Å². The number of fused-ring (bicyclic) bond motifs is 1. The summed E-state index contributed by atoms with van der Waals surface area (Å²) in [7, 11) is 0. The molecule has 0 saturated heterocycles. The van der Waals surface area contributed by atoms with Gasteiger partial charge in [-0.1, -0.05) is 36.4 Å². The Bertz CT molecular complexity index is 833. The summed E-state index contributed by atoms with van der Waals surface area (Å²) < 4.78 is 0. The number of para-hydroxylation sites is 1. The van der Waals surface area contributed by atoms with E-state index in [4.69, 9.17) is 0 Å². The quantitative estimate of drug-likeness (QED) is 0.662. The second-order valence-electron chi connectivity index (χ2n) is 7.21. The first-order chi connectivity index (χ1) is 12.4. The number of carbonyl (C=O) groups excluding carboxylic acids is 1. The molecule has 0 spiro atoms. The van der Waals surface area contributed by atoms with Crippen molar-refractivity contribution in [3.8, 4) is 0 Å². The SMILES string of the molecule is CC(C)(CNC(=O)c1ccccc1[N+](=O)[O-])N1CCc2ccccc2C1. The molecule has 136 valence electrons. The third kappa shape index (κ3) is 3.75. The summed E-state index contributed by atoms with van der Waals surface area (Å²) in [5, 5.41) is 14.0. The number of hydrogen-bond donors (Lipinski definition) is 1. The van der Waals surface area contributed by atoms with E-state index in [0.29, 0.717) is 6.54 Å². The van der Waals surface area contributed by atoms with E-state index < -0.39 is 10.8 Å². The van der Waals surface area contributed by atoms with Crippen LogP contribution in [0.4, 0.5) is 5.69 Å². The standard InChI is InChI=1S/C20H23N3O3/c1-20(2,22-12-11-15-7-3-4-8-16(15)13-22)14-21-19(24)17-9-5-6-10-18(17)23(25)26/h3-10H,11-14H2,1-2H3,(H,21,24). The summed E-state index contributed by atoms with van der Waals surface area (Å²) in [5.74, 6) is -0.414. The maximum absolute atomic E-state index is 12.5. The topological polar surface area (TPSA) is 75.5 Å². The lowest BCUT2D eigenvalue weighted by molar-refractivity contribution is -0.385. The molecule has 0 aromatic heterocycles. The van der Waals surface area contributed by atoms with E-state index in [0.717, 1.165) is 19.5 Å². The number of hydrogen-bond acceptors (Lipinski definition) is 4. The fourth-order valence-electron chi connectivity index (χ4n) is 3.34. The third-order valence-corrected chi connectivity index (χ3v) is 5.01. The van der Waals surface area contributed by atoms with Crippen molar-refractivity contribution >= 4 is 11.6 Å². The number of nitrogens with zero attached hydrogens (tertiary/aromatic N) is 2. The minimum Gasteiger partial charge on any atom is -0.350 e. The molecule has 1 aliphatic rings. The molecule has 1 N–H and O–H groups in total. The molecule has 2 aromatic rings. The van der Waals surface area contributed by atoms with Crippen LogP contribution < -0.4 is 5.32 Å². The summed E-state index contributed by atoms with van der Waals surface area (Å²) in [6.07, 6.45) is 0.984. The molecule has 26 heavy (non-hydrogen) atoms. The van der Waals surface area contributed by atoms with Crippen molar-refractivity contribution in [2.45, 2.75) is 32.4 Å². The Hall–Kier alpha value is -2.73. The van der Waals surface area contributed by atoms with Crippen LogP contribution in [0.3, 0.4) is 0 Å². The first-order valence-corrected chi connectivity index (χ1v) is 8.72. The summed E-state index contributed by atoms with van der Waals surface area (Å²) in [6, 6.07) is 14.4. The Morgan fingerprint density at radius 2 is 1.81 bits per heavy atom. The molecule has 2 aromatic carbocycles. The van der Waals surface area contributed by atoms with Crippen molar-refractivity contribution in [1.82, 2.24) is 10.2 Å². The minimum absolute atomic E-state index is 0.0947. The van der Waals surface area contributed by atoms with Crippen LogP contribution in [0.15, 0.2) is 48.5 Å². The van der Waals surface area contributed by atoms with E-state index in [1.807, 2.05) is 6.07 Å². The van der Waals surface area contributed by atoms with Crippen LogP contribution in [0.25, 0.3) is 0 Å². The van der Waals surface area contributed by atoms with E-state index in [2.05, 4.69) is 42.3 Å². The molecule has 0 saturated carbocycles. The molecule has 0 aliphatic carbocycles. The summed E-state index contributed by atoms with van der Waals surface area (Å²) in [6.45, 7) is 6.34. The van der Waals surface area contributed by atoms with Gasteiger partial charge in [0.15, 0.2) is 0 Å². The maximum atomic E-state index is 12.5. The smallest absolute Gasteiger partial charge is 0.282 e. The Morgan fingerprint density at radius 1 is 1.15 bits per heavy atom. The molecule has 0 atom stereocenters. The Balaban J connectivity index is 1.67. The highest BCUT2D eigenvalue weighted by atomic mass is 16.6. The number of benzene rings is 2. The van der Waals surface area contributed by atoms with E-state index >= 15 is 0 Å². The van der Waals surface area contributed by atoms with E-state index in [1.165, 1.54) is 23.3 Å². The van der Waals surface area contributed by atoms with Gasteiger partial charge >= 0.3 is 0 Å². The molecule has 0 unspecified atom stereocenters. The van der Waals surface area contributed by atoms with Gasteiger partial charge in [-0.05, 0) is 37.5 Å². The number of amides is 1. The lowest BCUT2D eigenvalue weighted by Crippen LogP contribution is -2.53. The van der Waals surface area contributed by atoms with Crippen LogP contribution in [0, 0.1) is 10.1 Å². The largest absolute Gasteiger partial charge is 0.350 e. The molecule has 1 aliphatic heterocycles. The lowest BCUT2D eigenvalue weighted by atomic mass is 9.94. The molecule has 6 nitrogen and oxygen atoms in total. The summed E-state index contributed by atoms with van der Waals surface area (Å²) >= 11 is 0. The van der Waals surface area contributed by atoms with Crippen LogP contribution in [-0.4, -0.2) is 34.4 Å². The van der Waals surface area contributed by atoms with Crippen molar-refractivity contribution in [3.63, 3.8) is 0 Å². The van der Waals surface area contributed by atoms with Crippen molar-refractivity contribution < 1.29 is 9.72 Å². The Kier molecular flexibility index (Phi) is 5.04. The molecule has 1 amide bonds. The Labute approximate surface area is 153 Å². The molecule has 6 heteroatoms. The number of nitro benzene ring substituents is 1. The summed E-state index contributed by atoms with van der Waals surface area (Å²) in [5.41, 5.74) is 2.36. The lowest BCUT2D eigenvalue weighted by Gasteiger charge is -2.41. The van der Waals surface area contributed by atoms with E-state index in [1.54, 1.807) is 12.1 Å². The van der Waals surface area contributed by atoms with Gasteiger partial charge in [0.25, 0.3) is 11.6 Å². The predicted molar refractivity (Wildman–Crippen MR) is 100 cm³/mol. The highest BCUT2D eigenvalue weighted by Gasteiger charge is 2.30. The molecular formula is C20H23N3O3. The zero-order valence-corrected chi connectivity index (χ0v) is 15.1. The van der Waals surface area contributed by atoms with Gasteiger partial charge in [0.1, 0.15) is 5.56 Å².